The molecule has 2 rings (SSSR count). The molecule has 0 spiro atoms. The highest BCUT2D eigenvalue weighted by molar-refractivity contribution is 5.94. The average molecular weight is 294 g/mol. The Kier molecular flexibility index (Phi) is 4.69. The minimum atomic E-state index is -0.669. The maximum atomic E-state index is 13.3. The minimum absolute atomic E-state index is 0.179. The number of hydrogen-bond acceptors (Lipinski definition) is 4. The van der Waals surface area contributed by atoms with Crippen LogP contribution in [-0.4, -0.2) is 12.5 Å². The lowest BCUT2D eigenvalue weighted by Crippen LogP contribution is -2.29. The Bertz CT molecular complexity index is 762. The Morgan fingerprint density at radius 1 is 1.18 bits per heavy atom. The highest BCUT2D eigenvalue weighted by Gasteiger charge is 2.13. The van der Waals surface area contributed by atoms with Crippen LogP contribution in [0.5, 0.6) is 0 Å². The molecule has 0 saturated heterocycles. The van der Waals surface area contributed by atoms with Crippen molar-refractivity contribution < 1.29 is 9.18 Å². The first-order valence-corrected chi connectivity index (χ1v) is 6.36. The first kappa shape index (κ1) is 15.0. The normalized spacial score (nSPS) is 9.41. The topological polar surface area (TPSA) is 79.9 Å². The highest BCUT2D eigenvalue weighted by Crippen LogP contribution is 2.18. The Morgan fingerprint density at radius 2 is 1.91 bits per heavy atom. The zero-order chi connectivity index (χ0) is 15.9. The van der Waals surface area contributed by atoms with E-state index in [1.807, 2.05) is 12.3 Å². The van der Waals surface area contributed by atoms with Crippen LogP contribution < -0.4 is 10.2 Å². The third-order valence-corrected chi connectivity index (χ3v) is 2.86. The molecule has 22 heavy (non-hydrogen) atoms. The summed E-state index contributed by atoms with van der Waals surface area (Å²) in [5, 5.41) is 20.6. The van der Waals surface area contributed by atoms with Crippen LogP contribution in [-0.2, 0) is 4.79 Å². The first-order valence-electron chi connectivity index (χ1n) is 6.36. The molecular formula is C16H11FN4O. The molecule has 0 heterocycles. The summed E-state index contributed by atoms with van der Waals surface area (Å²) >= 11 is 0. The third-order valence-electron chi connectivity index (χ3n) is 2.86. The fraction of sp³-hybridized carbons (Fsp3) is 0.0625. The number of nitrogens with zero attached hydrogens (tertiary/aromatic N) is 3. The molecule has 0 aliphatic heterocycles. The first-order chi connectivity index (χ1) is 10.6. The van der Waals surface area contributed by atoms with Crippen molar-refractivity contribution in [2.75, 3.05) is 16.8 Å². The zero-order valence-electron chi connectivity index (χ0n) is 11.5. The summed E-state index contributed by atoms with van der Waals surface area (Å²) in [5.41, 5.74) is 0.715. The molecule has 0 unspecified atom stereocenters. The number of carbonyl (C=O) groups is 1. The number of amides is 1. The van der Waals surface area contributed by atoms with Gasteiger partial charge >= 0.3 is 0 Å². The minimum Gasteiger partial charge on any atom is -0.325 e. The monoisotopic (exact) mass is 294 g/mol. The smallest absolute Gasteiger partial charge is 0.245 e. The predicted octanol–water partition coefficient (Wildman–Crippen LogP) is 2.62. The van der Waals surface area contributed by atoms with Crippen molar-refractivity contribution in [2.24, 2.45) is 0 Å². The number of rotatable bonds is 4. The standard InChI is InChI=1S/C16H11FN4O/c17-15-7-6-14(8-12(15)9-18)21(11-19)10-16(22)20-13-4-2-1-3-5-13/h1-8H,10H2,(H,20,22). The molecule has 0 aliphatic carbocycles. The third kappa shape index (κ3) is 3.59. The predicted molar refractivity (Wildman–Crippen MR) is 79.1 cm³/mol. The number of para-hydroxylation sites is 1. The molecule has 0 fully saturated rings. The SMILES string of the molecule is N#Cc1cc(N(C#N)CC(=O)Nc2ccccc2)ccc1F. The van der Waals surface area contributed by atoms with Gasteiger partial charge in [-0.05, 0) is 30.3 Å². The molecule has 2 aromatic rings. The van der Waals surface area contributed by atoms with Crippen LogP contribution >= 0.6 is 0 Å². The summed E-state index contributed by atoms with van der Waals surface area (Å²) in [5.74, 6) is -1.06. The number of halogens is 1. The maximum Gasteiger partial charge on any atom is 0.245 e. The Hall–Kier alpha value is -3.38. The van der Waals surface area contributed by atoms with E-state index in [1.165, 1.54) is 12.1 Å². The molecule has 0 saturated carbocycles. The Balaban J connectivity index is 2.11. The molecule has 0 aromatic heterocycles. The van der Waals surface area contributed by atoms with Crippen LogP contribution in [0.15, 0.2) is 48.5 Å². The quantitative estimate of drug-likeness (QED) is 0.694. The second-order valence-electron chi connectivity index (χ2n) is 4.38. The summed E-state index contributed by atoms with van der Waals surface area (Å²) in [6.45, 7) is -0.234. The molecule has 2 aromatic carbocycles. The molecular weight excluding hydrogens is 283 g/mol. The van der Waals surface area contributed by atoms with Crippen LogP contribution in [0.4, 0.5) is 15.8 Å². The van der Waals surface area contributed by atoms with E-state index in [0.29, 0.717) is 5.69 Å². The molecule has 108 valence electrons. The fourth-order valence-corrected chi connectivity index (χ4v) is 1.82. The number of anilines is 2. The van der Waals surface area contributed by atoms with Gasteiger partial charge in [0.25, 0.3) is 0 Å². The second-order valence-corrected chi connectivity index (χ2v) is 4.38. The Labute approximate surface area is 126 Å². The molecule has 1 amide bonds. The van der Waals surface area contributed by atoms with Crippen LogP contribution in [0.3, 0.4) is 0 Å². The molecule has 6 heteroatoms. The molecule has 1 N–H and O–H groups in total. The maximum absolute atomic E-state index is 13.3. The van der Waals surface area contributed by atoms with Gasteiger partial charge in [0.1, 0.15) is 18.4 Å². The number of carbonyl (C=O) groups excluding carboxylic acids is 1. The molecule has 0 bridgehead atoms. The van der Waals surface area contributed by atoms with Crippen LogP contribution in [0.1, 0.15) is 5.56 Å². The summed E-state index contributed by atoms with van der Waals surface area (Å²) in [7, 11) is 0. The van der Waals surface area contributed by atoms with Gasteiger partial charge in [-0.1, -0.05) is 18.2 Å². The fourth-order valence-electron chi connectivity index (χ4n) is 1.82. The van der Waals surface area contributed by atoms with Crippen LogP contribution in [0.2, 0.25) is 0 Å². The van der Waals surface area contributed by atoms with E-state index >= 15 is 0 Å². The summed E-state index contributed by atoms with van der Waals surface area (Å²) in [4.78, 5) is 13.0. The Morgan fingerprint density at radius 3 is 2.55 bits per heavy atom. The number of hydrogen-bond donors (Lipinski definition) is 1. The van der Waals surface area contributed by atoms with Crippen molar-refractivity contribution in [1.29, 1.82) is 10.5 Å². The van der Waals surface area contributed by atoms with Crippen molar-refractivity contribution in [2.45, 2.75) is 0 Å². The lowest BCUT2D eigenvalue weighted by molar-refractivity contribution is -0.114. The second kappa shape index (κ2) is 6.87. The lowest BCUT2D eigenvalue weighted by Gasteiger charge is -2.15. The number of nitrogens with one attached hydrogen (secondary N) is 1. The van der Waals surface area contributed by atoms with Crippen molar-refractivity contribution in [1.82, 2.24) is 0 Å². The van der Waals surface area contributed by atoms with Gasteiger partial charge in [0.05, 0.1) is 11.3 Å². The highest BCUT2D eigenvalue weighted by atomic mass is 19.1. The lowest BCUT2D eigenvalue weighted by atomic mass is 10.2. The van der Waals surface area contributed by atoms with E-state index in [9.17, 15) is 9.18 Å². The van der Waals surface area contributed by atoms with Crippen molar-refractivity contribution >= 4 is 17.3 Å². The molecule has 0 aliphatic rings. The van der Waals surface area contributed by atoms with E-state index < -0.39 is 11.7 Å². The number of nitriles is 2. The van der Waals surface area contributed by atoms with Crippen LogP contribution in [0, 0.1) is 28.6 Å². The van der Waals surface area contributed by atoms with E-state index in [4.69, 9.17) is 10.5 Å². The zero-order valence-corrected chi connectivity index (χ0v) is 11.5. The average Bonchev–Trinajstić information content (AvgIpc) is 2.54. The summed E-state index contributed by atoms with van der Waals surface area (Å²) in [6, 6.07) is 14.2. The van der Waals surface area contributed by atoms with E-state index in [-0.39, 0.29) is 17.8 Å². The van der Waals surface area contributed by atoms with Crippen LogP contribution in [0.25, 0.3) is 0 Å². The van der Waals surface area contributed by atoms with E-state index in [2.05, 4.69) is 5.32 Å². The van der Waals surface area contributed by atoms with Gasteiger partial charge in [-0.15, -0.1) is 0 Å². The van der Waals surface area contributed by atoms with Gasteiger partial charge in [0.15, 0.2) is 6.19 Å². The van der Waals surface area contributed by atoms with Crippen molar-refractivity contribution in [3.63, 3.8) is 0 Å². The van der Waals surface area contributed by atoms with E-state index in [1.54, 1.807) is 30.3 Å². The number of benzene rings is 2. The van der Waals surface area contributed by atoms with Crippen molar-refractivity contribution in [3.8, 4) is 12.3 Å². The largest absolute Gasteiger partial charge is 0.325 e. The molecule has 5 nitrogen and oxygen atoms in total. The van der Waals surface area contributed by atoms with Gasteiger partial charge in [-0.25, -0.2) is 4.39 Å². The van der Waals surface area contributed by atoms with Gasteiger partial charge in [-0.2, -0.15) is 10.5 Å². The molecule has 0 atom stereocenters. The van der Waals surface area contributed by atoms with Crippen molar-refractivity contribution in [3.05, 3.63) is 59.9 Å². The van der Waals surface area contributed by atoms with Gasteiger partial charge in [-0.3, -0.25) is 9.69 Å². The van der Waals surface area contributed by atoms with Gasteiger partial charge in [0.2, 0.25) is 5.91 Å². The summed E-state index contributed by atoms with van der Waals surface area (Å²) < 4.78 is 13.3. The van der Waals surface area contributed by atoms with Gasteiger partial charge < -0.3 is 5.32 Å². The van der Waals surface area contributed by atoms with Gasteiger partial charge in [0, 0.05) is 5.69 Å². The molecule has 0 radical (unpaired) electrons. The summed E-state index contributed by atoms with van der Waals surface area (Å²) in [6.07, 6.45) is 1.85. The van der Waals surface area contributed by atoms with E-state index in [0.717, 1.165) is 11.0 Å².